The van der Waals surface area contributed by atoms with Gasteiger partial charge in [0.05, 0.1) is 18.2 Å². The molecule has 1 aromatic heterocycles. The van der Waals surface area contributed by atoms with E-state index < -0.39 is 17.3 Å². The minimum Gasteiger partial charge on any atom is -0.755 e. The van der Waals surface area contributed by atoms with Crippen LogP contribution < -0.4 is 14.5 Å². The molecule has 0 spiro atoms. The van der Waals surface area contributed by atoms with E-state index in [-0.39, 0.29) is 24.0 Å². The highest BCUT2D eigenvalue weighted by Crippen LogP contribution is 2.28. The molecule has 12 heteroatoms. The molecule has 1 aliphatic rings. The first kappa shape index (κ1) is 27.5. The van der Waals surface area contributed by atoms with E-state index in [0.29, 0.717) is 17.3 Å². The van der Waals surface area contributed by atoms with Gasteiger partial charge in [0.15, 0.2) is 5.12 Å². The second kappa shape index (κ2) is 13.3. The summed E-state index contributed by atoms with van der Waals surface area (Å²) in [6.07, 6.45) is 3.18. The third kappa shape index (κ3) is 7.06. The number of carbonyl (C=O) groups is 1. The molecule has 0 amide bonds. The van der Waals surface area contributed by atoms with Crippen molar-refractivity contribution in [1.82, 2.24) is 9.97 Å². The molecule has 2 heterocycles. The lowest BCUT2D eigenvalue weighted by Crippen LogP contribution is -2.35. The number of rotatable bonds is 10. The highest BCUT2D eigenvalue weighted by atomic mass is 32.2. The van der Waals surface area contributed by atoms with Crippen molar-refractivity contribution >= 4 is 51.2 Å². The molecule has 1 unspecified atom stereocenters. The van der Waals surface area contributed by atoms with Crippen LogP contribution in [0.5, 0.6) is 0 Å². The molecule has 1 aliphatic heterocycles. The summed E-state index contributed by atoms with van der Waals surface area (Å²) in [5, 5.41) is 11.9. The van der Waals surface area contributed by atoms with Crippen LogP contribution in [0.2, 0.25) is 0 Å². The van der Waals surface area contributed by atoms with Crippen molar-refractivity contribution in [3.05, 3.63) is 60.8 Å². The summed E-state index contributed by atoms with van der Waals surface area (Å²) in [4.78, 5) is 23.0. The molecule has 2 aromatic carbocycles. The van der Waals surface area contributed by atoms with Crippen LogP contribution >= 0.6 is 11.8 Å². The number of carbonyl (C=O) groups excluding carboxylic acids is 1. The molecular formula is C26H26FN6O3S2-. The number of halogens is 1. The molecule has 1 atom stereocenters. The number of nitriles is 1. The molecule has 3 aromatic rings. The van der Waals surface area contributed by atoms with Gasteiger partial charge in [0.1, 0.15) is 6.01 Å². The van der Waals surface area contributed by atoms with Crippen molar-refractivity contribution in [3.63, 3.8) is 0 Å². The summed E-state index contributed by atoms with van der Waals surface area (Å²) in [6.45, 7) is 1.59. The number of nitrogens with zero attached hydrogens (tertiary/aromatic N) is 5. The first-order valence-corrected chi connectivity index (χ1v) is 14.0. The van der Waals surface area contributed by atoms with Crippen molar-refractivity contribution in [1.29, 1.82) is 5.26 Å². The number of hydrogen-bond donors (Lipinski definition) is 1. The van der Waals surface area contributed by atoms with E-state index in [2.05, 4.69) is 20.2 Å². The Hall–Kier alpha value is -3.53. The number of alkyl halides is 1. The van der Waals surface area contributed by atoms with Crippen molar-refractivity contribution in [3.8, 4) is 17.3 Å². The number of anilines is 4. The van der Waals surface area contributed by atoms with Gasteiger partial charge in [-0.3, -0.25) is 9.00 Å². The standard InChI is InChI=1S/C26H27FN6O3S2/c27-18-37-25(34)20-11-16-32(17-12-20)22-8-4-21(5-9-22)30-26-29-14-10-24(31-26)19-2-6-23(7-3-19)33(38(35)36)15-1-13-28/h2-10,14,20H,1,11-12,15-18H2,(H,35,36)(H,29,30,31)/p-1. The van der Waals surface area contributed by atoms with E-state index in [4.69, 9.17) is 5.26 Å². The van der Waals surface area contributed by atoms with Gasteiger partial charge in [-0.15, -0.1) is 0 Å². The first-order chi connectivity index (χ1) is 18.5. The number of hydrogen-bond acceptors (Lipinski definition) is 9. The number of thioether (sulfide) groups is 1. The fraction of sp³-hybridized carbons (Fsp3) is 0.308. The Kier molecular flexibility index (Phi) is 9.64. The number of benzene rings is 2. The van der Waals surface area contributed by atoms with Crippen molar-refractivity contribution in [2.24, 2.45) is 5.92 Å². The SMILES string of the molecule is N#CCCN(c1ccc(-c2ccnc(Nc3ccc(N4CCC(C(=O)SCF)CC4)cc3)n2)cc1)S(=O)[O-]. The highest BCUT2D eigenvalue weighted by Gasteiger charge is 2.25. The molecule has 0 radical (unpaired) electrons. The molecule has 0 saturated carbocycles. The molecule has 38 heavy (non-hydrogen) atoms. The second-order valence-corrected chi connectivity index (χ2v) is 10.3. The predicted octanol–water partition coefficient (Wildman–Crippen LogP) is 4.80. The van der Waals surface area contributed by atoms with Crippen LogP contribution in [0.4, 0.5) is 27.4 Å². The fourth-order valence-corrected chi connectivity index (χ4v) is 5.36. The molecule has 0 aliphatic carbocycles. The van der Waals surface area contributed by atoms with Gasteiger partial charge in [0.25, 0.3) is 0 Å². The lowest BCUT2D eigenvalue weighted by atomic mass is 9.98. The van der Waals surface area contributed by atoms with Crippen LogP contribution in [-0.2, 0) is 16.1 Å². The average molecular weight is 554 g/mol. The lowest BCUT2D eigenvalue weighted by molar-refractivity contribution is -0.114. The van der Waals surface area contributed by atoms with E-state index in [0.717, 1.165) is 58.9 Å². The maximum Gasteiger partial charge on any atom is 0.227 e. The summed E-state index contributed by atoms with van der Waals surface area (Å²) in [7, 11) is 0. The first-order valence-electron chi connectivity index (χ1n) is 12.0. The third-order valence-corrected chi connectivity index (χ3v) is 7.71. The fourth-order valence-electron chi connectivity index (χ4n) is 4.25. The highest BCUT2D eigenvalue weighted by molar-refractivity contribution is 8.13. The molecule has 1 fully saturated rings. The summed E-state index contributed by atoms with van der Waals surface area (Å²) in [6, 6.07) is 17.8. The normalized spacial score (nSPS) is 14.5. The average Bonchev–Trinajstić information content (AvgIpc) is 2.94. The third-order valence-electron chi connectivity index (χ3n) is 6.23. The number of nitrogens with one attached hydrogen (secondary N) is 1. The Balaban J connectivity index is 1.38. The zero-order valence-corrected chi connectivity index (χ0v) is 22.1. The van der Waals surface area contributed by atoms with Crippen LogP contribution in [0.15, 0.2) is 60.8 Å². The van der Waals surface area contributed by atoms with E-state index >= 15 is 0 Å². The maximum atomic E-state index is 12.4. The maximum absolute atomic E-state index is 12.4. The van der Waals surface area contributed by atoms with Crippen molar-refractivity contribution in [2.75, 3.05) is 40.2 Å². The second-order valence-electron chi connectivity index (χ2n) is 8.55. The molecule has 4 rings (SSSR count). The smallest absolute Gasteiger partial charge is 0.227 e. The van der Waals surface area contributed by atoms with Gasteiger partial charge in [-0.1, -0.05) is 23.9 Å². The molecule has 9 nitrogen and oxygen atoms in total. The van der Waals surface area contributed by atoms with Crippen molar-refractivity contribution in [2.45, 2.75) is 19.3 Å². The van der Waals surface area contributed by atoms with Crippen LogP contribution in [-0.4, -0.2) is 49.5 Å². The van der Waals surface area contributed by atoms with Crippen molar-refractivity contribution < 1.29 is 17.9 Å². The molecule has 0 bridgehead atoms. The molecule has 198 valence electrons. The minimum atomic E-state index is -2.47. The van der Waals surface area contributed by atoms with Crippen LogP contribution in [0.1, 0.15) is 19.3 Å². The van der Waals surface area contributed by atoms with Gasteiger partial charge in [-0.05, 0) is 55.3 Å². The van der Waals surface area contributed by atoms with E-state index in [1.54, 1.807) is 36.5 Å². The summed E-state index contributed by atoms with van der Waals surface area (Å²) < 4.78 is 36.6. The predicted molar refractivity (Wildman–Crippen MR) is 147 cm³/mol. The van der Waals surface area contributed by atoms with Crippen LogP contribution in [0.3, 0.4) is 0 Å². The minimum absolute atomic E-state index is 0.0543. The van der Waals surface area contributed by atoms with Gasteiger partial charge >= 0.3 is 0 Å². The Morgan fingerprint density at radius 1 is 1.18 bits per heavy atom. The number of piperidine rings is 1. The topological polar surface area (TPSA) is 125 Å². The molecule has 1 N–H and O–H groups in total. The van der Waals surface area contributed by atoms with Gasteiger partial charge < -0.3 is 19.1 Å². The van der Waals surface area contributed by atoms with Gasteiger partial charge in [0, 0.05) is 65.6 Å². The Bertz CT molecular complexity index is 1300. The zero-order chi connectivity index (χ0) is 26.9. The van der Waals surface area contributed by atoms with Crippen LogP contribution in [0, 0.1) is 17.2 Å². The van der Waals surface area contributed by atoms with Gasteiger partial charge in [-0.2, -0.15) is 5.26 Å². The summed E-state index contributed by atoms with van der Waals surface area (Å²) in [5.74, 6) is 0.340. The largest absolute Gasteiger partial charge is 0.755 e. The Morgan fingerprint density at radius 2 is 1.89 bits per heavy atom. The molecule has 1 saturated heterocycles. The Labute approximate surface area is 227 Å². The lowest BCUT2D eigenvalue weighted by Gasteiger charge is -2.32. The number of aromatic nitrogens is 2. The quantitative estimate of drug-likeness (QED) is 0.352. The molecular weight excluding hydrogens is 527 g/mol. The van der Waals surface area contributed by atoms with Gasteiger partial charge in [0.2, 0.25) is 5.95 Å². The monoisotopic (exact) mass is 553 g/mol. The zero-order valence-electron chi connectivity index (χ0n) is 20.5. The van der Waals surface area contributed by atoms with E-state index in [9.17, 15) is 17.9 Å². The summed E-state index contributed by atoms with van der Waals surface area (Å²) in [5.41, 5.74) is 3.80. The summed E-state index contributed by atoms with van der Waals surface area (Å²) >= 11 is -1.71. The Morgan fingerprint density at radius 3 is 2.53 bits per heavy atom. The van der Waals surface area contributed by atoms with E-state index in [1.807, 2.05) is 30.3 Å². The van der Waals surface area contributed by atoms with Crippen LogP contribution in [0.25, 0.3) is 11.3 Å². The van der Waals surface area contributed by atoms with E-state index in [1.165, 1.54) is 0 Å². The van der Waals surface area contributed by atoms with Gasteiger partial charge in [-0.25, -0.2) is 14.4 Å².